The number of halogens is 1. The highest BCUT2D eigenvalue weighted by atomic mass is 35.5. The van der Waals surface area contributed by atoms with E-state index in [9.17, 15) is 0 Å². The molecular formula is C21H13ClN4OS. The maximum atomic E-state index is 6.15. The van der Waals surface area contributed by atoms with Crippen LogP contribution in [0.5, 0.6) is 5.75 Å². The van der Waals surface area contributed by atoms with Crippen molar-refractivity contribution < 1.29 is 4.74 Å². The van der Waals surface area contributed by atoms with Crippen LogP contribution in [0.1, 0.15) is 5.56 Å². The molecule has 0 amide bonds. The Morgan fingerprint density at radius 3 is 2.75 bits per heavy atom. The maximum absolute atomic E-state index is 6.15. The number of ether oxygens (including phenoxy) is 1. The van der Waals surface area contributed by atoms with Crippen molar-refractivity contribution in [3.63, 3.8) is 0 Å². The molecule has 0 bridgehead atoms. The molecule has 0 N–H and O–H groups in total. The SMILES string of the molecule is Clc1ccc(-c2nnc3n2N=C2c4ccc5ccccc5c4OCC2S3)cc1. The van der Waals surface area contributed by atoms with Crippen LogP contribution >= 0.6 is 23.4 Å². The van der Waals surface area contributed by atoms with Gasteiger partial charge in [0.25, 0.3) is 0 Å². The van der Waals surface area contributed by atoms with Gasteiger partial charge >= 0.3 is 0 Å². The van der Waals surface area contributed by atoms with Gasteiger partial charge in [-0.25, -0.2) is 0 Å². The summed E-state index contributed by atoms with van der Waals surface area (Å²) in [6.07, 6.45) is 0. The number of fused-ring (bicyclic) bond motifs is 6. The monoisotopic (exact) mass is 404 g/mol. The summed E-state index contributed by atoms with van der Waals surface area (Å²) >= 11 is 7.66. The first kappa shape index (κ1) is 16.2. The molecule has 0 fully saturated rings. The summed E-state index contributed by atoms with van der Waals surface area (Å²) in [6, 6.07) is 20.0. The highest BCUT2D eigenvalue weighted by molar-refractivity contribution is 8.00. The Morgan fingerprint density at radius 1 is 1.00 bits per heavy atom. The van der Waals surface area contributed by atoms with E-state index in [-0.39, 0.29) is 5.25 Å². The Morgan fingerprint density at radius 2 is 1.86 bits per heavy atom. The second-order valence-corrected chi connectivity index (χ2v) is 8.30. The van der Waals surface area contributed by atoms with Gasteiger partial charge in [0.15, 0.2) is 5.82 Å². The summed E-state index contributed by atoms with van der Waals surface area (Å²) in [4.78, 5) is 0. The Bertz CT molecular complexity index is 1270. The molecule has 3 aromatic carbocycles. The summed E-state index contributed by atoms with van der Waals surface area (Å²) in [5.74, 6) is 1.61. The van der Waals surface area contributed by atoms with Crippen LogP contribution in [0.2, 0.25) is 5.02 Å². The van der Waals surface area contributed by atoms with E-state index in [1.807, 2.05) is 41.1 Å². The highest BCUT2D eigenvalue weighted by Gasteiger charge is 2.34. The first-order valence-electron chi connectivity index (χ1n) is 8.90. The number of aromatic nitrogens is 3. The third-order valence-corrected chi connectivity index (χ3v) is 6.37. The van der Waals surface area contributed by atoms with Crippen LogP contribution in [0.3, 0.4) is 0 Å². The average Bonchev–Trinajstić information content (AvgIpc) is 3.15. The zero-order chi connectivity index (χ0) is 18.7. The van der Waals surface area contributed by atoms with E-state index in [4.69, 9.17) is 21.4 Å². The van der Waals surface area contributed by atoms with Gasteiger partial charge in [-0.05, 0) is 35.7 Å². The van der Waals surface area contributed by atoms with E-state index in [0.717, 1.165) is 38.5 Å². The lowest BCUT2D eigenvalue weighted by Gasteiger charge is -2.29. The van der Waals surface area contributed by atoms with Crippen LogP contribution < -0.4 is 4.74 Å². The lowest BCUT2D eigenvalue weighted by atomic mass is 9.98. The van der Waals surface area contributed by atoms with Gasteiger partial charge in [-0.3, -0.25) is 0 Å². The largest absolute Gasteiger partial charge is 0.491 e. The average molecular weight is 405 g/mol. The van der Waals surface area contributed by atoms with E-state index >= 15 is 0 Å². The molecule has 1 atom stereocenters. The van der Waals surface area contributed by atoms with E-state index in [1.165, 1.54) is 0 Å². The maximum Gasteiger partial charge on any atom is 0.213 e. The standard InChI is InChI=1S/C21H13ClN4OS/c22-14-8-5-13(6-9-14)20-23-24-21-26(20)25-18-16-10-7-12-3-1-2-4-15(12)19(16)27-11-17(18)28-21/h1-10,17H,11H2. The third kappa shape index (κ3) is 2.38. The number of nitrogens with zero attached hydrogens (tertiary/aromatic N) is 4. The van der Waals surface area contributed by atoms with Crippen LogP contribution in [0, 0.1) is 0 Å². The van der Waals surface area contributed by atoms with Crippen LogP contribution in [-0.4, -0.2) is 32.4 Å². The molecule has 3 heterocycles. The number of hydrogen-bond acceptors (Lipinski definition) is 5. The highest BCUT2D eigenvalue weighted by Crippen LogP contribution is 2.40. The molecule has 5 nitrogen and oxygen atoms in total. The topological polar surface area (TPSA) is 52.3 Å². The first-order valence-corrected chi connectivity index (χ1v) is 10.2. The van der Waals surface area contributed by atoms with Crippen molar-refractivity contribution in [1.82, 2.24) is 14.9 Å². The molecule has 0 saturated carbocycles. The lowest BCUT2D eigenvalue weighted by Crippen LogP contribution is -2.34. The molecule has 4 aromatic rings. The number of benzene rings is 3. The Balaban J connectivity index is 1.53. The van der Waals surface area contributed by atoms with Gasteiger partial charge in [-0.15, -0.1) is 10.2 Å². The van der Waals surface area contributed by atoms with Crippen molar-refractivity contribution in [1.29, 1.82) is 0 Å². The molecule has 1 unspecified atom stereocenters. The first-order chi connectivity index (χ1) is 13.8. The smallest absolute Gasteiger partial charge is 0.213 e. The predicted octanol–water partition coefficient (Wildman–Crippen LogP) is 4.87. The molecule has 136 valence electrons. The zero-order valence-corrected chi connectivity index (χ0v) is 16.1. The fourth-order valence-electron chi connectivity index (χ4n) is 3.66. The molecule has 2 aliphatic rings. The predicted molar refractivity (Wildman–Crippen MR) is 111 cm³/mol. The molecule has 7 heteroatoms. The summed E-state index contributed by atoms with van der Waals surface area (Å²) in [7, 11) is 0. The minimum absolute atomic E-state index is 0.100. The number of thioether (sulfide) groups is 1. The van der Waals surface area contributed by atoms with Crippen molar-refractivity contribution in [2.45, 2.75) is 10.4 Å². The van der Waals surface area contributed by atoms with Gasteiger partial charge in [0.1, 0.15) is 12.4 Å². The molecule has 6 rings (SSSR count). The van der Waals surface area contributed by atoms with Crippen molar-refractivity contribution in [3.8, 4) is 17.1 Å². The van der Waals surface area contributed by atoms with Gasteiger partial charge in [0, 0.05) is 21.5 Å². The van der Waals surface area contributed by atoms with Crippen LogP contribution in [-0.2, 0) is 0 Å². The summed E-state index contributed by atoms with van der Waals surface area (Å²) in [5, 5.41) is 17.5. The van der Waals surface area contributed by atoms with Crippen molar-refractivity contribution in [2.24, 2.45) is 5.10 Å². The Hall–Kier alpha value is -2.83. The van der Waals surface area contributed by atoms with Crippen molar-refractivity contribution in [2.75, 3.05) is 6.61 Å². The molecule has 2 aliphatic heterocycles. The molecular weight excluding hydrogens is 392 g/mol. The molecule has 0 saturated heterocycles. The van der Waals surface area contributed by atoms with Crippen LogP contribution in [0.25, 0.3) is 22.2 Å². The van der Waals surface area contributed by atoms with Gasteiger partial charge in [-0.2, -0.15) is 9.78 Å². The van der Waals surface area contributed by atoms with Crippen molar-refractivity contribution in [3.05, 3.63) is 71.2 Å². The van der Waals surface area contributed by atoms with E-state index in [1.54, 1.807) is 11.8 Å². The lowest BCUT2D eigenvalue weighted by molar-refractivity contribution is 0.327. The molecule has 0 radical (unpaired) electrons. The quantitative estimate of drug-likeness (QED) is 0.454. The number of hydrogen-bond donors (Lipinski definition) is 0. The summed E-state index contributed by atoms with van der Waals surface area (Å²) < 4.78 is 7.98. The molecule has 0 spiro atoms. The minimum Gasteiger partial charge on any atom is -0.491 e. The number of rotatable bonds is 1. The molecule has 28 heavy (non-hydrogen) atoms. The second-order valence-electron chi connectivity index (χ2n) is 6.69. The summed E-state index contributed by atoms with van der Waals surface area (Å²) in [5.41, 5.74) is 2.96. The summed E-state index contributed by atoms with van der Waals surface area (Å²) in [6.45, 7) is 0.563. The van der Waals surface area contributed by atoms with E-state index in [2.05, 4.69) is 34.5 Å². The van der Waals surface area contributed by atoms with E-state index in [0.29, 0.717) is 17.5 Å². The third-order valence-electron chi connectivity index (χ3n) is 5.01. The Kier molecular flexibility index (Phi) is 3.51. The van der Waals surface area contributed by atoms with Gasteiger partial charge in [-0.1, -0.05) is 53.7 Å². The zero-order valence-electron chi connectivity index (χ0n) is 14.5. The fourth-order valence-corrected chi connectivity index (χ4v) is 4.78. The minimum atomic E-state index is 0.100. The van der Waals surface area contributed by atoms with E-state index < -0.39 is 0 Å². The fraction of sp³-hybridized carbons (Fsp3) is 0.0952. The van der Waals surface area contributed by atoms with Gasteiger partial charge in [0.05, 0.1) is 11.0 Å². The van der Waals surface area contributed by atoms with Gasteiger partial charge < -0.3 is 4.74 Å². The molecule has 0 aliphatic carbocycles. The second kappa shape index (κ2) is 6.09. The molecule has 1 aromatic heterocycles. The van der Waals surface area contributed by atoms with Crippen molar-refractivity contribution >= 4 is 39.8 Å². The Labute approximate surface area is 170 Å². The van der Waals surface area contributed by atoms with Crippen LogP contribution in [0.15, 0.2) is 70.9 Å². The van der Waals surface area contributed by atoms with Gasteiger partial charge in [0.2, 0.25) is 5.16 Å². The van der Waals surface area contributed by atoms with Crippen LogP contribution in [0.4, 0.5) is 0 Å². The normalized spacial score (nSPS) is 17.3.